The second-order valence-corrected chi connectivity index (χ2v) is 9.37. The number of rotatable bonds is 4. The molecule has 0 spiro atoms. The van der Waals surface area contributed by atoms with Crippen LogP contribution in [0.25, 0.3) is 11.0 Å². The van der Waals surface area contributed by atoms with Crippen molar-refractivity contribution in [3.05, 3.63) is 34.6 Å². The number of aryl methyl sites for hydroxylation is 1. The zero-order valence-electron chi connectivity index (χ0n) is 14.1. The van der Waals surface area contributed by atoms with Gasteiger partial charge in [0.2, 0.25) is 5.76 Å². The first-order chi connectivity index (χ1) is 10.1. The van der Waals surface area contributed by atoms with Crippen LogP contribution in [0.2, 0.25) is 13.1 Å². The van der Waals surface area contributed by atoms with Crippen LogP contribution in [0.4, 0.5) is 0 Å². The van der Waals surface area contributed by atoms with Crippen LogP contribution in [0.5, 0.6) is 0 Å². The summed E-state index contributed by atoms with van der Waals surface area (Å²) in [6, 6.07) is 3.85. The van der Waals surface area contributed by atoms with E-state index in [1.54, 1.807) is 0 Å². The van der Waals surface area contributed by atoms with E-state index in [0.29, 0.717) is 17.8 Å². The molecule has 0 saturated carbocycles. The Morgan fingerprint density at radius 2 is 1.95 bits per heavy atom. The first kappa shape index (κ1) is 16.8. The van der Waals surface area contributed by atoms with Crippen molar-refractivity contribution in [1.29, 1.82) is 0 Å². The van der Waals surface area contributed by atoms with Crippen molar-refractivity contribution < 1.29 is 18.7 Å². The van der Waals surface area contributed by atoms with E-state index in [9.17, 15) is 9.90 Å². The summed E-state index contributed by atoms with van der Waals surface area (Å²) >= 11 is 0. The van der Waals surface area contributed by atoms with Crippen molar-refractivity contribution in [2.24, 2.45) is 0 Å². The molecule has 4 nitrogen and oxygen atoms in total. The number of furan rings is 1. The summed E-state index contributed by atoms with van der Waals surface area (Å²) in [6.07, 6.45) is 0. The van der Waals surface area contributed by atoms with Gasteiger partial charge in [-0.05, 0) is 42.6 Å². The van der Waals surface area contributed by atoms with E-state index >= 15 is 0 Å². The molecule has 2 aromatic rings. The third-order valence-electron chi connectivity index (χ3n) is 3.70. The standard InChI is InChI=1S/C17H24O4Si/c1-10-13-12(21-15(10)16(18)19)8-7-11(9-20-22(5)6)14(13)17(2,3)4/h7-8,22H,9H2,1-6H3,(H,18,19). The van der Waals surface area contributed by atoms with Crippen molar-refractivity contribution in [2.75, 3.05) is 0 Å². The first-order valence-electron chi connectivity index (χ1n) is 7.53. The summed E-state index contributed by atoms with van der Waals surface area (Å²) in [6.45, 7) is 13.1. The van der Waals surface area contributed by atoms with Crippen LogP contribution in [0, 0.1) is 6.92 Å². The molecule has 22 heavy (non-hydrogen) atoms. The van der Waals surface area contributed by atoms with Gasteiger partial charge in [-0.15, -0.1) is 0 Å². The summed E-state index contributed by atoms with van der Waals surface area (Å²) in [5.74, 6) is -1.00. The summed E-state index contributed by atoms with van der Waals surface area (Å²) in [7, 11) is -1.12. The molecule has 0 aliphatic carbocycles. The Morgan fingerprint density at radius 1 is 1.32 bits per heavy atom. The lowest BCUT2D eigenvalue weighted by Gasteiger charge is -2.25. The predicted octanol–water partition coefficient (Wildman–Crippen LogP) is 4.24. The number of carboxylic acid groups (broad SMARTS) is 1. The molecule has 1 aromatic carbocycles. The quantitative estimate of drug-likeness (QED) is 0.856. The van der Waals surface area contributed by atoms with Gasteiger partial charge in [0.15, 0.2) is 9.04 Å². The summed E-state index contributed by atoms with van der Waals surface area (Å²) in [4.78, 5) is 11.3. The molecule has 0 fully saturated rings. The fraction of sp³-hybridized carbons (Fsp3) is 0.471. The fourth-order valence-electron chi connectivity index (χ4n) is 2.82. The normalized spacial score (nSPS) is 12.3. The van der Waals surface area contributed by atoms with Crippen LogP contribution >= 0.6 is 0 Å². The Hall–Kier alpha value is -1.59. The lowest BCUT2D eigenvalue weighted by molar-refractivity contribution is 0.0664. The minimum Gasteiger partial charge on any atom is -0.475 e. The Labute approximate surface area is 132 Å². The monoisotopic (exact) mass is 320 g/mol. The average molecular weight is 320 g/mol. The predicted molar refractivity (Wildman–Crippen MR) is 90.3 cm³/mol. The van der Waals surface area contributed by atoms with Crippen LogP contribution in [-0.4, -0.2) is 20.1 Å². The Kier molecular flexibility index (Phi) is 4.49. The Balaban J connectivity index is 2.72. The van der Waals surface area contributed by atoms with E-state index in [-0.39, 0.29) is 11.2 Å². The van der Waals surface area contributed by atoms with Gasteiger partial charge in [-0.3, -0.25) is 0 Å². The van der Waals surface area contributed by atoms with Crippen LogP contribution < -0.4 is 0 Å². The van der Waals surface area contributed by atoms with Crippen LogP contribution in [0.3, 0.4) is 0 Å². The number of carbonyl (C=O) groups is 1. The maximum atomic E-state index is 11.3. The second kappa shape index (κ2) is 5.89. The van der Waals surface area contributed by atoms with Crippen LogP contribution in [0.15, 0.2) is 16.5 Å². The van der Waals surface area contributed by atoms with Crippen molar-refractivity contribution in [3.63, 3.8) is 0 Å². The molecule has 1 aromatic heterocycles. The molecule has 0 aliphatic rings. The van der Waals surface area contributed by atoms with Crippen molar-refractivity contribution in [3.8, 4) is 0 Å². The highest BCUT2D eigenvalue weighted by atomic mass is 28.3. The van der Waals surface area contributed by atoms with E-state index in [0.717, 1.165) is 16.5 Å². The highest BCUT2D eigenvalue weighted by Gasteiger charge is 2.27. The smallest absolute Gasteiger partial charge is 0.372 e. The molecule has 0 saturated heterocycles. The maximum Gasteiger partial charge on any atom is 0.372 e. The Morgan fingerprint density at radius 3 is 2.45 bits per heavy atom. The third-order valence-corrected chi connectivity index (χ3v) is 4.53. The molecule has 0 unspecified atom stereocenters. The summed E-state index contributed by atoms with van der Waals surface area (Å²) < 4.78 is 11.4. The average Bonchev–Trinajstić information content (AvgIpc) is 2.72. The second-order valence-electron chi connectivity index (χ2n) is 6.94. The van der Waals surface area contributed by atoms with E-state index < -0.39 is 15.0 Å². The largest absolute Gasteiger partial charge is 0.475 e. The summed E-state index contributed by atoms with van der Waals surface area (Å²) in [5.41, 5.74) is 3.43. The van der Waals surface area contributed by atoms with Gasteiger partial charge in [0.1, 0.15) is 5.58 Å². The lowest BCUT2D eigenvalue weighted by atomic mass is 9.81. The van der Waals surface area contributed by atoms with E-state index in [4.69, 9.17) is 8.84 Å². The van der Waals surface area contributed by atoms with Gasteiger partial charge in [0.25, 0.3) is 0 Å². The number of fused-ring (bicyclic) bond motifs is 1. The van der Waals surface area contributed by atoms with Crippen molar-refractivity contribution in [2.45, 2.75) is 52.8 Å². The van der Waals surface area contributed by atoms with Gasteiger partial charge in [-0.2, -0.15) is 0 Å². The van der Waals surface area contributed by atoms with E-state index in [1.807, 2.05) is 19.1 Å². The Bertz CT molecular complexity index is 707. The third kappa shape index (κ3) is 3.10. The zero-order valence-corrected chi connectivity index (χ0v) is 15.3. The van der Waals surface area contributed by atoms with Gasteiger partial charge < -0.3 is 13.9 Å². The van der Waals surface area contributed by atoms with Gasteiger partial charge in [0, 0.05) is 10.9 Å². The molecular weight excluding hydrogens is 296 g/mol. The number of aromatic carboxylic acids is 1. The molecule has 1 N–H and O–H groups in total. The summed E-state index contributed by atoms with van der Waals surface area (Å²) in [5, 5.41) is 10.2. The van der Waals surface area contributed by atoms with E-state index in [1.165, 1.54) is 0 Å². The molecular formula is C17H24O4Si. The number of carboxylic acids is 1. The molecule has 5 heteroatoms. The van der Waals surface area contributed by atoms with Crippen LogP contribution in [0.1, 0.15) is 48.0 Å². The van der Waals surface area contributed by atoms with Gasteiger partial charge in [-0.1, -0.05) is 26.8 Å². The first-order valence-corrected chi connectivity index (χ1v) is 10.3. The number of hydrogen-bond acceptors (Lipinski definition) is 3. The molecule has 1 heterocycles. The van der Waals surface area contributed by atoms with Gasteiger partial charge >= 0.3 is 5.97 Å². The fourth-order valence-corrected chi connectivity index (χ4v) is 3.33. The van der Waals surface area contributed by atoms with Gasteiger partial charge in [-0.25, -0.2) is 4.79 Å². The van der Waals surface area contributed by atoms with E-state index in [2.05, 4.69) is 33.9 Å². The number of hydrogen-bond donors (Lipinski definition) is 1. The molecule has 0 atom stereocenters. The molecule has 120 valence electrons. The highest BCUT2D eigenvalue weighted by Crippen LogP contribution is 2.38. The molecule has 0 radical (unpaired) electrons. The topological polar surface area (TPSA) is 59.7 Å². The lowest BCUT2D eigenvalue weighted by Crippen LogP contribution is -2.17. The zero-order chi connectivity index (χ0) is 16.7. The highest BCUT2D eigenvalue weighted by molar-refractivity contribution is 6.48. The number of benzene rings is 1. The van der Waals surface area contributed by atoms with Crippen molar-refractivity contribution in [1.82, 2.24) is 0 Å². The minimum atomic E-state index is -1.12. The molecule has 2 rings (SSSR count). The molecule has 0 bridgehead atoms. The SMILES string of the molecule is Cc1c(C(=O)O)oc2ccc(CO[SiH](C)C)c(C(C)(C)C)c12. The molecule has 0 aliphatic heterocycles. The molecule has 0 amide bonds. The van der Waals surface area contributed by atoms with Crippen molar-refractivity contribution >= 4 is 26.0 Å². The maximum absolute atomic E-state index is 11.3. The minimum absolute atomic E-state index is 0.0248. The van der Waals surface area contributed by atoms with Crippen LogP contribution in [-0.2, 0) is 16.4 Å². The van der Waals surface area contributed by atoms with Gasteiger partial charge in [0.05, 0.1) is 6.61 Å².